The smallest absolute Gasteiger partial charge is 0.280 e. The van der Waals surface area contributed by atoms with Gasteiger partial charge in [-0.05, 0) is 24.3 Å². The molecule has 0 radical (unpaired) electrons. The van der Waals surface area contributed by atoms with Crippen molar-refractivity contribution < 1.29 is 9.59 Å². The third kappa shape index (κ3) is 6.13. The van der Waals surface area contributed by atoms with Crippen molar-refractivity contribution in [2.45, 2.75) is 0 Å². The molecular weight excluding hydrogens is 515 g/mol. The second-order valence-electron chi connectivity index (χ2n) is 6.69. The lowest BCUT2D eigenvalue weighted by atomic mass is 10.3. The van der Waals surface area contributed by atoms with Crippen LogP contribution in [0, 0.1) is 0 Å². The molecule has 16 nitrogen and oxygen atoms in total. The van der Waals surface area contributed by atoms with Crippen molar-refractivity contribution in [1.29, 1.82) is 0 Å². The predicted octanol–water partition coefficient (Wildman–Crippen LogP) is -0.345. The number of carbonyl (C=O) groups excluding carboxylic acids is 2. The molecule has 14 N–H and O–H groups in total. The number of amides is 2. The number of nitrogens with one attached hydrogen (secondary N) is 2. The number of carbonyl (C=O) groups is 2. The van der Waals surface area contributed by atoms with Crippen molar-refractivity contribution >= 4 is 81.6 Å². The van der Waals surface area contributed by atoms with Gasteiger partial charge in [0.1, 0.15) is 0 Å². The Bertz CT molecular complexity index is 1300. The molecule has 0 atom stereocenters. The summed E-state index contributed by atoms with van der Waals surface area (Å²) in [7, 11) is 0. The molecule has 0 bridgehead atoms. The Balaban J connectivity index is 1.66. The summed E-state index contributed by atoms with van der Waals surface area (Å²) < 4.78 is 0. The van der Waals surface area contributed by atoms with E-state index >= 15 is 0 Å². The van der Waals surface area contributed by atoms with E-state index in [0.29, 0.717) is 11.4 Å². The van der Waals surface area contributed by atoms with E-state index in [0.717, 1.165) is 0 Å². The molecule has 2 heterocycles. The van der Waals surface area contributed by atoms with Gasteiger partial charge in [-0.15, -0.1) is 0 Å². The van der Waals surface area contributed by atoms with Crippen molar-refractivity contribution in [3.8, 4) is 0 Å². The highest BCUT2D eigenvalue weighted by molar-refractivity contribution is 6.32. The van der Waals surface area contributed by atoms with Crippen molar-refractivity contribution in [2.75, 3.05) is 22.9 Å². The van der Waals surface area contributed by atoms with Crippen molar-refractivity contribution in [3.63, 3.8) is 0 Å². The van der Waals surface area contributed by atoms with Crippen LogP contribution in [0.15, 0.2) is 34.3 Å². The number of nitrogens with two attached hydrogens (primary N) is 6. The number of rotatable bonds is 4. The van der Waals surface area contributed by atoms with Gasteiger partial charge in [-0.2, -0.15) is 0 Å². The van der Waals surface area contributed by atoms with Crippen LogP contribution in [0.5, 0.6) is 0 Å². The van der Waals surface area contributed by atoms with E-state index in [1.165, 1.54) is 24.3 Å². The lowest BCUT2D eigenvalue weighted by molar-refractivity contribution is 0.0964. The van der Waals surface area contributed by atoms with Crippen LogP contribution >= 0.6 is 23.2 Å². The molecule has 186 valence electrons. The largest absolute Gasteiger partial charge is 0.382 e. The highest BCUT2D eigenvalue weighted by Crippen LogP contribution is 2.20. The lowest BCUT2D eigenvalue weighted by Crippen LogP contribution is -2.37. The lowest BCUT2D eigenvalue weighted by Gasteiger charge is -2.08. The third-order valence-corrected chi connectivity index (χ3v) is 4.63. The number of aliphatic imine (C=N–C) groups is 2. The molecular formula is C18H18Cl2N14O2. The van der Waals surface area contributed by atoms with Crippen molar-refractivity contribution in [2.24, 2.45) is 21.5 Å². The minimum atomic E-state index is -0.791. The molecule has 0 aliphatic rings. The van der Waals surface area contributed by atoms with Crippen LogP contribution in [0.2, 0.25) is 10.3 Å². The summed E-state index contributed by atoms with van der Waals surface area (Å²) in [6, 6.07) is 6.07. The van der Waals surface area contributed by atoms with Crippen LogP contribution in [-0.2, 0) is 0 Å². The number of guanidine groups is 2. The zero-order chi connectivity index (χ0) is 26.6. The number of aromatic nitrogens is 4. The molecule has 0 saturated heterocycles. The van der Waals surface area contributed by atoms with Crippen molar-refractivity contribution in [1.82, 2.24) is 30.6 Å². The molecule has 0 saturated carbocycles. The maximum atomic E-state index is 12.3. The van der Waals surface area contributed by atoms with Gasteiger partial charge in [-0.1, -0.05) is 23.2 Å². The van der Waals surface area contributed by atoms with Gasteiger partial charge in [0.05, 0.1) is 11.4 Å². The zero-order valence-corrected chi connectivity index (χ0v) is 19.5. The molecule has 3 aromatic rings. The van der Waals surface area contributed by atoms with E-state index in [9.17, 15) is 9.59 Å². The summed E-state index contributed by atoms with van der Waals surface area (Å²) in [6.45, 7) is 0. The SMILES string of the molecule is NC(=Nc1ccc(N=C(N)NC(=O)c2nc(Cl)c(N)nc2N)cc1)NC(=O)c1nc(Cl)c(N)nc1N. The van der Waals surface area contributed by atoms with Gasteiger partial charge in [-0.3, -0.25) is 20.2 Å². The first kappa shape index (κ1) is 25.7. The van der Waals surface area contributed by atoms with Gasteiger partial charge in [0.15, 0.2) is 45.0 Å². The Kier molecular flexibility index (Phi) is 7.51. The average molecular weight is 533 g/mol. The quantitative estimate of drug-likeness (QED) is 0.158. The standard InChI is InChI=1S/C18H18Cl2N14O2/c19-9-13(23)31-11(21)7(29-9)15(35)33-17(25)27-5-1-2-6(4-3-5)28-18(26)34-16(36)8-12(22)32-14(24)10(20)30-8/h1-4H,(H4,21,23,31)(H4,22,24,32)(H3,25,27,33,35)(H3,26,28,34,36). The van der Waals surface area contributed by atoms with E-state index < -0.39 is 11.8 Å². The van der Waals surface area contributed by atoms with Gasteiger partial charge >= 0.3 is 0 Å². The Morgan fingerprint density at radius 1 is 0.639 bits per heavy atom. The van der Waals surface area contributed by atoms with E-state index in [-0.39, 0.29) is 56.9 Å². The third-order valence-electron chi connectivity index (χ3n) is 4.07. The number of hydrogen-bond donors (Lipinski definition) is 8. The zero-order valence-electron chi connectivity index (χ0n) is 18.0. The summed E-state index contributed by atoms with van der Waals surface area (Å²) in [5, 5.41) is 4.22. The highest BCUT2D eigenvalue weighted by Gasteiger charge is 2.18. The average Bonchev–Trinajstić information content (AvgIpc) is 2.79. The van der Waals surface area contributed by atoms with Gasteiger partial charge < -0.3 is 34.4 Å². The fourth-order valence-corrected chi connectivity index (χ4v) is 2.76. The Labute approximate surface area is 212 Å². The van der Waals surface area contributed by atoms with Crippen LogP contribution < -0.4 is 45.0 Å². The molecule has 0 aliphatic heterocycles. The van der Waals surface area contributed by atoms with E-state index in [4.69, 9.17) is 57.6 Å². The molecule has 3 rings (SSSR count). The molecule has 0 aliphatic carbocycles. The van der Waals surface area contributed by atoms with Crippen molar-refractivity contribution in [3.05, 3.63) is 46.0 Å². The summed E-state index contributed by atoms with van der Waals surface area (Å²) in [4.78, 5) is 47.7. The molecule has 2 aromatic heterocycles. The molecule has 18 heteroatoms. The Morgan fingerprint density at radius 3 is 1.31 bits per heavy atom. The minimum absolute atomic E-state index is 0.122. The first-order valence-corrected chi connectivity index (χ1v) is 10.3. The van der Waals surface area contributed by atoms with Gasteiger partial charge in [0, 0.05) is 0 Å². The van der Waals surface area contributed by atoms with Gasteiger partial charge in [0.2, 0.25) is 11.9 Å². The number of nitrogens with zero attached hydrogens (tertiary/aromatic N) is 6. The normalized spacial score (nSPS) is 11.7. The molecule has 1 aromatic carbocycles. The predicted molar refractivity (Wildman–Crippen MR) is 136 cm³/mol. The number of hydrogen-bond acceptors (Lipinski definition) is 12. The highest BCUT2D eigenvalue weighted by atomic mass is 35.5. The number of nitrogen functional groups attached to an aromatic ring is 4. The van der Waals surface area contributed by atoms with Crippen LogP contribution in [0.4, 0.5) is 34.6 Å². The minimum Gasteiger partial charge on any atom is -0.382 e. The summed E-state index contributed by atoms with van der Waals surface area (Å²) in [5.74, 6) is -2.82. The molecule has 0 spiro atoms. The molecule has 0 unspecified atom stereocenters. The van der Waals surface area contributed by atoms with E-state index in [1.807, 2.05) is 0 Å². The maximum Gasteiger partial charge on any atom is 0.280 e. The second-order valence-corrected chi connectivity index (χ2v) is 7.40. The monoisotopic (exact) mass is 532 g/mol. The fraction of sp³-hybridized carbons (Fsp3) is 0. The number of benzene rings is 1. The topological polar surface area (TPSA) is 291 Å². The summed E-state index contributed by atoms with van der Waals surface area (Å²) in [5.41, 5.74) is 33.9. The second kappa shape index (κ2) is 10.5. The number of anilines is 4. The van der Waals surface area contributed by atoms with Gasteiger partial charge in [-0.25, -0.2) is 29.9 Å². The molecule has 36 heavy (non-hydrogen) atoms. The summed E-state index contributed by atoms with van der Waals surface area (Å²) in [6.07, 6.45) is 0. The molecule has 0 fully saturated rings. The van der Waals surface area contributed by atoms with Crippen LogP contribution in [0.25, 0.3) is 0 Å². The maximum absolute atomic E-state index is 12.3. The van der Waals surface area contributed by atoms with E-state index in [2.05, 4.69) is 40.6 Å². The fourth-order valence-electron chi connectivity index (χ4n) is 2.50. The molecule has 2 amide bonds. The van der Waals surface area contributed by atoms with E-state index in [1.54, 1.807) is 0 Å². The number of halogens is 2. The Hall–Kier alpha value is -4.96. The summed E-state index contributed by atoms with van der Waals surface area (Å²) >= 11 is 11.5. The first-order chi connectivity index (χ1) is 16.9. The van der Waals surface area contributed by atoms with Crippen LogP contribution in [0.3, 0.4) is 0 Å². The Morgan fingerprint density at radius 2 is 0.972 bits per heavy atom. The van der Waals surface area contributed by atoms with Gasteiger partial charge in [0.25, 0.3) is 11.8 Å². The first-order valence-electron chi connectivity index (χ1n) is 9.52. The van der Waals surface area contributed by atoms with Crippen LogP contribution in [-0.4, -0.2) is 43.7 Å². The van der Waals surface area contributed by atoms with Crippen LogP contribution in [0.1, 0.15) is 21.0 Å².